The molecule has 1 aromatic heterocycles. The summed E-state index contributed by atoms with van der Waals surface area (Å²) >= 11 is 0. The van der Waals surface area contributed by atoms with Crippen molar-refractivity contribution >= 4 is 11.9 Å². The molecule has 18 heavy (non-hydrogen) atoms. The third-order valence-corrected chi connectivity index (χ3v) is 2.88. The second-order valence-electron chi connectivity index (χ2n) is 5.06. The number of aromatic nitrogens is 2. The topological polar surface area (TPSA) is 62.2 Å². The van der Waals surface area contributed by atoms with Gasteiger partial charge < -0.3 is 20.1 Å². The van der Waals surface area contributed by atoms with Crippen molar-refractivity contribution < 1.29 is 4.79 Å². The fourth-order valence-corrected chi connectivity index (χ4v) is 2.18. The highest BCUT2D eigenvalue weighted by molar-refractivity contribution is 5.92. The number of carbonyl (C=O) groups excluding carboxylic acids is 1. The van der Waals surface area contributed by atoms with Crippen molar-refractivity contribution in [2.24, 2.45) is 0 Å². The van der Waals surface area contributed by atoms with E-state index in [1.807, 2.05) is 36.7 Å². The van der Waals surface area contributed by atoms with Gasteiger partial charge in [0.1, 0.15) is 5.69 Å². The highest BCUT2D eigenvalue weighted by Gasteiger charge is 2.17. The molecule has 1 aliphatic heterocycles. The second kappa shape index (κ2) is 5.39. The zero-order valence-electron chi connectivity index (χ0n) is 11.2. The maximum Gasteiger partial charge on any atom is 0.271 e. The Kier molecular flexibility index (Phi) is 3.86. The first kappa shape index (κ1) is 12.9. The molecule has 0 fully saturated rings. The van der Waals surface area contributed by atoms with Crippen LogP contribution in [-0.2, 0) is 6.54 Å². The number of amides is 1. The second-order valence-corrected chi connectivity index (χ2v) is 5.06. The van der Waals surface area contributed by atoms with Gasteiger partial charge >= 0.3 is 0 Å². The van der Waals surface area contributed by atoms with E-state index in [0.29, 0.717) is 5.69 Å². The molecular weight excluding hydrogens is 230 g/mol. The predicted octanol–water partition coefficient (Wildman–Crippen LogP) is 0.379. The van der Waals surface area contributed by atoms with E-state index in [2.05, 4.69) is 15.6 Å². The monoisotopic (exact) mass is 251 g/mol. The van der Waals surface area contributed by atoms with Crippen LogP contribution in [0, 0.1) is 0 Å². The lowest BCUT2D eigenvalue weighted by Crippen LogP contribution is -2.39. The Morgan fingerprint density at radius 3 is 3.11 bits per heavy atom. The van der Waals surface area contributed by atoms with Gasteiger partial charge in [-0.2, -0.15) is 0 Å². The lowest BCUT2D eigenvalue weighted by molar-refractivity contribution is 0.0929. The Labute approximate surface area is 107 Å². The summed E-state index contributed by atoms with van der Waals surface area (Å²) in [7, 11) is 3.98. The third-order valence-electron chi connectivity index (χ3n) is 2.88. The first-order valence-electron chi connectivity index (χ1n) is 6.33. The zero-order valence-corrected chi connectivity index (χ0v) is 11.2. The summed E-state index contributed by atoms with van der Waals surface area (Å²) < 4.78 is 2.00. The highest BCUT2D eigenvalue weighted by atomic mass is 16.2. The summed E-state index contributed by atoms with van der Waals surface area (Å²) in [5, 5.41) is 6.14. The van der Waals surface area contributed by atoms with E-state index in [-0.39, 0.29) is 11.9 Å². The van der Waals surface area contributed by atoms with Crippen LogP contribution in [0.4, 0.5) is 5.95 Å². The Bertz CT molecular complexity index is 403. The SMILES string of the molecule is CC(CN(C)C)NC(=O)c1cn2c(n1)NCCC2. The lowest BCUT2D eigenvalue weighted by atomic mass is 10.3. The molecule has 0 radical (unpaired) electrons. The quantitative estimate of drug-likeness (QED) is 0.812. The third kappa shape index (κ3) is 3.01. The summed E-state index contributed by atoms with van der Waals surface area (Å²) in [6.45, 7) is 4.66. The van der Waals surface area contributed by atoms with Crippen LogP contribution in [0.15, 0.2) is 6.20 Å². The van der Waals surface area contributed by atoms with Crippen molar-refractivity contribution in [1.82, 2.24) is 19.8 Å². The van der Waals surface area contributed by atoms with Gasteiger partial charge in [0.15, 0.2) is 0 Å². The van der Waals surface area contributed by atoms with E-state index in [1.165, 1.54) is 0 Å². The van der Waals surface area contributed by atoms with Gasteiger partial charge in [-0.05, 0) is 27.4 Å². The molecule has 1 atom stereocenters. The van der Waals surface area contributed by atoms with Crippen molar-refractivity contribution in [3.05, 3.63) is 11.9 Å². The summed E-state index contributed by atoms with van der Waals surface area (Å²) in [6.07, 6.45) is 2.89. The standard InChI is InChI=1S/C12H21N5O/c1-9(7-16(2)3)14-11(18)10-8-17-6-4-5-13-12(17)15-10/h8-9H,4-7H2,1-3H3,(H,13,15)(H,14,18). The van der Waals surface area contributed by atoms with E-state index in [9.17, 15) is 4.79 Å². The molecule has 0 saturated heterocycles. The van der Waals surface area contributed by atoms with Crippen molar-refractivity contribution in [1.29, 1.82) is 0 Å². The number of carbonyl (C=O) groups is 1. The van der Waals surface area contributed by atoms with Crippen molar-refractivity contribution in [3.8, 4) is 0 Å². The van der Waals surface area contributed by atoms with Gasteiger partial charge in [-0.3, -0.25) is 4.79 Å². The fraction of sp³-hybridized carbons (Fsp3) is 0.667. The van der Waals surface area contributed by atoms with Crippen LogP contribution in [0.2, 0.25) is 0 Å². The van der Waals surface area contributed by atoms with Crippen LogP contribution in [0.5, 0.6) is 0 Å². The van der Waals surface area contributed by atoms with Gasteiger partial charge in [0.25, 0.3) is 5.91 Å². The molecule has 6 heteroatoms. The Balaban J connectivity index is 1.98. The minimum atomic E-state index is -0.104. The van der Waals surface area contributed by atoms with Crippen LogP contribution in [-0.4, -0.2) is 53.6 Å². The van der Waals surface area contributed by atoms with Crippen molar-refractivity contribution in [3.63, 3.8) is 0 Å². The van der Waals surface area contributed by atoms with Gasteiger partial charge in [-0.25, -0.2) is 4.98 Å². The average Bonchev–Trinajstić information content (AvgIpc) is 2.71. The number of fused-ring (bicyclic) bond motifs is 1. The maximum absolute atomic E-state index is 12.0. The van der Waals surface area contributed by atoms with E-state index in [1.54, 1.807) is 0 Å². The minimum Gasteiger partial charge on any atom is -0.356 e. The molecule has 6 nitrogen and oxygen atoms in total. The number of nitrogens with zero attached hydrogens (tertiary/aromatic N) is 3. The molecule has 1 aliphatic rings. The average molecular weight is 251 g/mol. The van der Waals surface area contributed by atoms with Crippen LogP contribution in [0.25, 0.3) is 0 Å². The van der Waals surface area contributed by atoms with Crippen molar-refractivity contribution in [2.75, 3.05) is 32.5 Å². The molecule has 100 valence electrons. The van der Waals surface area contributed by atoms with Gasteiger partial charge in [0, 0.05) is 31.9 Å². The number of hydrogen-bond acceptors (Lipinski definition) is 4. The molecular formula is C12H21N5O. The molecule has 2 N–H and O–H groups in total. The molecule has 2 rings (SSSR count). The van der Waals surface area contributed by atoms with E-state index >= 15 is 0 Å². The van der Waals surface area contributed by atoms with Gasteiger partial charge in [0.2, 0.25) is 5.95 Å². The molecule has 0 aromatic carbocycles. The summed E-state index contributed by atoms with van der Waals surface area (Å²) in [4.78, 5) is 18.4. The van der Waals surface area contributed by atoms with Crippen LogP contribution in [0.3, 0.4) is 0 Å². The molecule has 1 aromatic rings. The van der Waals surface area contributed by atoms with E-state index < -0.39 is 0 Å². The number of nitrogens with one attached hydrogen (secondary N) is 2. The van der Waals surface area contributed by atoms with Crippen LogP contribution in [0.1, 0.15) is 23.8 Å². The highest BCUT2D eigenvalue weighted by Crippen LogP contribution is 2.13. The summed E-state index contributed by atoms with van der Waals surface area (Å²) in [6, 6.07) is 0.110. The molecule has 1 amide bonds. The van der Waals surface area contributed by atoms with Crippen LogP contribution >= 0.6 is 0 Å². The Hall–Kier alpha value is -1.56. The zero-order chi connectivity index (χ0) is 13.1. The summed E-state index contributed by atoms with van der Waals surface area (Å²) in [5.41, 5.74) is 0.491. The normalized spacial score (nSPS) is 16.0. The van der Waals surface area contributed by atoms with Crippen LogP contribution < -0.4 is 10.6 Å². The largest absolute Gasteiger partial charge is 0.356 e. The molecule has 0 aliphatic carbocycles. The molecule has 0 saturated carbocycles. The minimum absolute atomic E-state index is 0.104. The number of likely N-dealkylation sites (N-methyl/N-ethyl adjacent to an activating group) is 1. The van der Waals surface area contributed by atoms with Gasteiger partial charge in [-0.1, -0.05) is 0 Å². The van der Waals surface area contributed by atoms with Crippen molar-refractivity contribution in [2.45, 2.75) is 25.9 Å². The number of aryl methyl sites for hydroxylation is 1. The number of imidazole rings is 1. The number of anilines is 1. The van der Waals surface area contributed by atoms with E-state index in [0.717, 1.165) is 32.0 Å². The predicted molar refractivity (Wildman–Crippen MR) is 70.8 cm³/mol. The smallest absolute Gasteiger partial charge is 0.271 e. The molecule has 0 bridgehead atoms. The van der Waals surface area contributed by atoms with Gasteiger partial charge in [0.05, 0.1) is 0 Å². The summed E-state index contributed by atoms with van der Waals surface area (Å²) in [5.74, 6) is 0.694. The Morgan fingerprint density at radius 1 is 1.67 bits per heavy atom. The van der Waals surface area contributed by atoms with E-state index in [4.69, 9.17) is 0 Å². The fourth-order valence-electron chi connectivity index (χ4n) is 2.18. The number of rotatable bonds is 4. The Morgan fingerprint density at radius 2 is 2.44 bits per heavy atom. The molecule has 1 unspecified atom stereocenters. The maximum atomic E-state index is 12.0. The molecule has 0 spiro atoms. The lowest BCUT2D eigenvalue weighted by Gasteiger charge is -2.17. The van der Waals surface area contributed by atoms with Gasteiger partial charge in [-0.15, -0.1) is 0 Å². The molecule has 2 heterocycles. The first-order valence-corrected chi connectivity index (χ1v) is 6.33. The number of hydrogen-bond donors (Lipinski definition) is 2. The first-order chi connectivity index (χ1) is 8.56.